The average molecular weight is 378 g/mol. The van der Waals surface area contributed by atoms with Gasteiger partial charge in [0.05, 0.1) is 17.6 Å². The Kier molecular flexibility index (Phi) is 4.78. The summed E-state index contributed by atoms with van der Waals surface area (Å²) in [5.74, 6) is 3.02. The van der Waals surface area contributed by atoms with Gasteiger partial charge in [-0.25, -0.2) is 15.0 Å². The lowest BCUT2D eigenvalue weighted by atomic mass is 10.1. The molecule has 2 aromatic heterocycles. The Balaban J connectivity index is 1.39. The number of benzene rings is 1. The van der Waals surface area contributed by atoms with E-state index in [0.717, 1.165) is 74.3 Å². The van der Waals surface area contributed by atoms with E-state index in [-0.39, 0.29) is 0 Å². The van der Waals surface area contributed by atoms with Crippen LogP contribution < -0.4 is 9.80 Å². The minimum Gasteiger partial charge on any atom is -0.354 e. The van der Waals surface area contributed by atoms with Crippen LogP contribution in [0.3, 0.4) is 0 Å². The summed E-state index contributed by atoms with van der Waals surface area (Å²) in [6, 6.07) is 8.20. The van der Waals surface area contributed by atoms with E-state index in [2.05, 4.69) is 42.0 Å². The van der Waals surface area contributed by atoms with Gasteiger partial charge in [0.15, 0.2) is 11.6 Å². The second-order valence-corrected chi connectivity index (χ2v) is 7.60. The number of nitrogens with zero attached hydrogens (tertiary/aromatic N) is 7. The number of piperazine rings is 1. The SMILES string of the molecule is c1ccc2nc(N3CCN(Cc4ncn[nH]4)CC3)c(N3CCCCC3)nc2c1. The third kappa shape index (κ3) is 3.52. The summed E-state index contributed by atoms with van der Waals surface area (Å²) in [4.78, 5) is 21.6. The molecule has 0 radical (unpaired) electrons. The fourth-order valence-electron chi connectivity index (χ4n) is 4.15. The molecule has 146 valence electrons. The van der Waals surface area contributed by atoms with E-state index in [4.69, 9.17) is 9.97 Å². The van der Waals surface area contributed by atoms with Gasteiger partial charge in [0.1, 0.15) is 12.2 Å². The van der Waals surface area contributed by atoms with Crippen molar-refractivity contribution in [2.24, 2.45) is 0 Å². The summed E-state index contributed by atoms with van der Waals surface area (Å²) in [6.45, 7) is 6.82. The van der Waals surface area contributed by atoms with Crippen molar-refractivity contribution in [2.45, 2.75) is 25.8 Å². The van der Waals surface area contributed by atoms with Crippen molar-refractivity contribution in [3.05, 3.63) is 36.4 Å². The van der Waals surface area contributed by atoms with Crippen LogP contribution in [0, 0.1) is 0 Å². The molecule has 2 fully saturated rings. The highest BCUT2D eigenvalue weighted by atomic mass is 15.3. The Morgan fingerprint density at radius 3 is 2.04 bits per heavy atom. The molecular formula is C20H26N8. The number of piperidine rings is 1. The third-order valence-electron chi connectivity index (χ3n) is 5.70. The standard InChI is InChI=1S/C20H26N8/c1-4-8-27(9-5-1)19-20(24-17-7-3-2-6-16(17)23-19)28-12-10-26(11-13-28)14-18-21-15-22-25-18/h2-3,6-7,15H,1,4-5,8-14H2,(H,21,22,25). The van der Waals surface area contributed by atoms with Crippen molar-refractivity contribution < 1.29 is 0 Å². The van der Waals surface area contributed by atoms with Crippen molar-refractivity contribution in [3.63, 3.8) is 0 Å². The van der Waals surface area contributed by atoms with Crippen LogP contribution >= 0.6 is 0 Å². The monoisotopic (exact) mass is 378 g/mol. The molecule has 4 heterocycles. The van der Waals surface area contributed by atoms with Gasteiger partial charge in [0, 0.05) is 39.3 Å². The quantitative estimate of drug-likeness (QED) is 0.745. The molecule has 1 N–H and O–H groups in total. The predicted molar refractivity (Wildman–Crippen MR) is 109 cm³/mol. The lowest BCUT2D eigenvalue weighted by molar-refractivity contribution is 0.244. The fraction of sp³-hybridized carbons (Fsp3) is 0.500. The van der Waals surface area contributed by atoms with Crippen LogP contribution in [-0.4, -0.2) is 69.3 Å². The van der Waals surface area contributed by atoms with Gasteiger partial charge in [0.25, 0.3) is 0 Å². The van der Waals surface area contributed by atoms with Crippen molar-refractivity contribution in [2.75, 3.05) is 49.1 Å². The number of para-hydroxylation sites is 2. The van der Waals surface area contributed by atoms with Crippen molar-refractivity contribution in [1.82, 2.24) is 30.0 Å². The van der Waals surface area contributed by atoms with Crippen molar-refractivity contribution in [3.8, 4) is 0 Å². The van der Waals surface area contributed by atoms with Crippen LogP contribution in [0.1, 0.15) is 25.1 Å². The highest BCUT2D eigenvalue weighted by molar-refractivity contribution is 5.81. The maximum atomic E-state index is 5.05. The van der Waals surface area contributed by atoms with Crippen LogP contribution in [-0.2, 0) is 6.54 Å². The summed E-state index contributed by atoms with van der Waals surface area (Å²) in [5, 5.41) is 6.90. The number of H-pyrrole nitrogens is 1. The van der Waals surface area contributed by atoms with E-state index in [1.54, 1.807) is 6.33 Å². The zero-order valence-electron chi connectivity index (χ0n) is 16.1. The number of fused-ring (bicyclic) bond motifs is 1. The Morgan fingerprint density at radius 1 is 0.786 bits per heavy atom. The molecule has 5 rings (SSSR count). The van der Waals surface area contributed by atoms with Crippen LogP contribution in [0.15, 0.2) is 30.6 Å². The second kappa shape index (κ2) is 7.71. The number of rotatable bonds is 4. The van der Waals surface area contributed by atoms with E-state index >= 15 is 0 Å². The summed E-state index contributed by atoms with van der Waals surface area (Å²) in [5.41, 5.74) is 1.96. The van der Waals surface area contributed by atoms with Gasteiger partial charge in [-0.05, 0) is 31.4 Å². The molecule has 2 aliphatic heterocycles. The highest BCUT2D eigenvalue weighted by Crippen LogP contribution is 2.30. The highest BCUT2D eigenvalue weighted by Gasteiger charge is 2.25. The Hall–Kier alpha value is -2.74. The van der Waals surface area contributed by atoms with Crippen LogP contribution in [0.25, 0.3) is 11.0 Å². The van der Waals surface area contributed by atoms with E-state index in [1.165, 1.54) is 19.3 Å². The molecule has 8 nitrogen and oxygen atoms in total. The third-order valence-corrected chi connectivity index (χ3v) is 5.70. The van der Waals surface area contributed by atoms with Crippen molar-refractivity contribution in [1.29, 1.82) is 0 Å². The summed E-state index contributed by atoms with van der Waals surface area (Å²) >= 11 is 0. The maximum absolute atomic E-state index is 5.05. The first-order valence-corrected chi connectivity index (χ1v) is 10.2. The lowest BCUT2D eigenvalue weighted by Gasteiger charge is -2.37. The summed E-state index contributed by atoms with van der Waals surface area (Å²) < 4.78 is 0. The second-order valence-electron chi connectivity index (χ2n) is 7.60. The minimum atomic E-state index is 0.816. The Morgan fingerprint density at radius 2 is 1.43 bits per heavy atom. The van der Waals surface area contributed by atoms with Gasteiger partial charge >= 0.3 is 0 Å². The number of aromatic nitrogens is 5. The molecule has 2 aliphatic rings. The van der Waals surface area contributed by atoms with Gasteiger partial charge in [-0.2, -0.15) is 5.10 Å². The van der Waals surface area contributed by atoms with E-state index in [1.807, 2.05) is 12.1 Å². The number of nitrogens with one attached hydrogen (secondary N) is 1. The molecule has 0 bridgehead atoms. The van der Waals surface area contributed by atoms with Gasteiger partial charge in [0.2, 0.25) is 0 Å². The summed E-state index contributed by atoms with van der Waals surface area (Å²) in [6.07, 6.45) is 5.35. The molecule has 0 aliphatic carbocycles. The van der Waals surface area contributed by atoms with Crippen LogP contribution in [0.2, 0.25) is 0 Å². The molecule has 3 aromatic rings. The minimum absolute atomic E-state index is 0.816. The Labute approximate surface area is 164 Å². The van der Waals surface area contributed by atoms with Gasteiger partial charge < -0.3 is 9.80 Å². The molecule has 0 unspecified atom stereocenters. The molecule has 28 heavy (non-hydrogen) atoms. The summed E-state index contributed by atoms with van der Waals surface area (Å²) in [7, 11) is 0. The molecule has 2 saturated heterocycles. The van der Waals surface area contributed by atoms with Gasteiger partial charge in [-0.3, -0.25) is 10.00 Å². The van der Waals surface area contributed by atoms with Gasteiger partial charge in [-0.1, -0.05) is 12.1 Å². The molecule has 0 amide bonds. The molecule has 0 spiro atoms. The number of aromatic amines is 1. The molecule has 0 atom stereocenters. The predicted octanol–water partition coefficient (Wildman–Crippen LogP) is 2.06. The smallest absolute Gasteiger partial charge is 0.172 e. The average Bonchev–Trinajstić information content (AvgIpc) is 3.27. The lowest BCUT2D eigenvalue weighted by Crippen LogP contribution is -2.47. The van der Waals surface area contributed by atoms with Gasteiger partial charge in [-0.15, -0.1) is 0 Å². The van der Waals surface area contributed by atoms with Crippen LogP contribution in [0.4, 0.5) is 11.6 Å². The maximum Gasteiger partial charge on any atom is 0.172 e. The first kappa shape index (κ1) is 17.4. The number of hydrogen-bond acceptors (Lipinski definition) is 7. The van der Waals surface area contributed by atoms with E-state index < -0.39 is 0 Å². The molecule has 0 saturated carbocycles. The van der Waals surface area contributed by atoms with Crippen molar-refractivity contribution >= 4 is 22.7 Å². The van der Waals surface area contributed by atoms with E-state index in [9.17, 15) is 0 Å². The largest absolute Gasteiger partial charge is 0.354 e. The molecule has 8 heteroatoms. The first-order chi connectivity index (χ1) is 13.9. The van der Waals surface area contributed by atoms with Crippen LogP contribution in [0.5, 0.6) is 0 Å². The number of anilines is 2. The fourth-order valence-corrected chi connectivity index (χ4v) is 4.15. The normalized spacial score (nSPS) is 18.7. The topological polar surface area (TPSA) is 77.1 Å². The molecule has 1 aromatic carbocycles. The Bertz CT molecular complexity index is 911. The zero-order chi connectivity index (χ0) is 18.8. The van der Waals surface area contributed by atoms with E-state index in [0.29, 0.717) is 0 Å². The zero-order valence-corrected chi connectivity index (χ0v) is 16.1. The molecular weight excluding hydrogens is 352 g/mol. The first-order valence-electron chi connectivity index (χ1n) is 10.2. The number of hydrogen-bond donors (Lipinski definition) is 1.